The van der Waals surface area contributed by atoms with E-state index in [2.05, 4.69) is 0 Å². The molecule has 0 aliphatic rings. The maximum absolute atomic E-state index is 12.4. The van der Waals surface area contributed by atoms with Crippen LogP contribution in [-0.4, -0.2) is 42.3 Å². The predicted octanol–water partition coefficient (Wildman–Crippen LogP) is 2.19. The zero-order valence-corrected chi connectivity index (χ0v) is 6.86. The lowest BCUT2D eigenvalue weighted by Gasteiger charge is -2.22. The van der Waals surface area contributed by atoms with Crippen LogP contribution in [0.25, 0.3) is 0 Å². The highest BCUT2D eigenvalue weighted by atomic mass is 19.4. The van der Waals surface area contributed by atoms with Crippen molar-refractivity contribution >= 4 is 0 Å². The number of alkyl halides is 8. The second-order valence-electron chi connectivity index (χ2n) is 2.65. The average molecular weight is 246 g/mol. The molecule has 0 amide bonds. The lowest BCUT2D eigenvalue weighted by Crippen LogP contribution is -2.46. The normalized spacial score (nSPS) is 21.2. The van der Waals surface area contributed by atoms with E-state index < -0.39 is 37.2 Å². The Hall–Kier alpha value is -0.600. The van der Waals surface area contributed by atoms with E-state index in [-0.39, 0.29) is 0 Å². The van der Waals surface area contributed by atoms with Gasteiger partial charge in [-0.25, -0.2) is 22.0 Å². The molecule has 0 aromatic rings. The minimum atomic E-state index is -5.54. The third kappa shape index (κ3) is 3.80. The Morgan fingerprint density at radius 1 is 0.733 bits per heavy atom. The Labute approximate surface area is 78.7 Å². The predicted molar refractivity (Wildman–Crippen MR) is 32.8 cm³/mol. The molecular weight excluding hydrogens is 240 g/mol. The fourth-order valence-electron chi connectivity index (χ4n) is 0.669. The lowest BCUT2D eigenvalue weighted by molar-refractivity contribution is -0.231. The van der Waals surface area contributed by atoms with E-state index in [1.165, 1.54) is 0 Å². The molecule has 0 spiro atoms. The molecule has 0 aromatic heterocycles. The van der Waals surface area contributed by atoms with Gasteiger partial charge in [0, 0.05) is 0 Å². The molecule has 0 radical (unpaired) electrons. The van der Waals surface area contributed by atoms with Crippen LogP contribution in [0.3, 0.4) is 0 Å². The largest absolute Gasteiger partial charge is 0.417 e. The molecule has 0 heterocycles. The quantitative estimate of drug-likeness (QED) is 0.754. The van der Waals surface area contributed by atoms with E-state index in [1.54, 1.807) is 0 Å². The first-order valence-electron chi connectivity index (χ1n) is 3.54. The first-order valence-corrected chi connectivity index (χ1v) is 3.54. The van der Waals surface area contributed by atoms with Gasteiger partial charge in [0.05, 0.1) is 0 Å². The van der Waals surface area contributed by atoms with Gasteiger partial charge in [0.25, 0.3) is 6.43 Å². The van der Waals surface area contributed by atoms with Crippen LogP contribution in [0.4, 0.5) is 35.1 Å². The van der Waals surface area contributed by atoms with Gasteiger partial charge in [-0.3, -0.25) is 0 Å². The van der Waals surface area contributed by atoms with E-state index in [9.17, 15) is 35.1 Å². The Bertz CT molecular complexity index is 192. The zero-order chi connectivity index (χ0) is 12.4. The summed E-state index contributed by atoms with van der Waals surface area (Å²) in [6.07, 6.45) is -24.6. The van der Waals surface area contributed by atoms with E-state index in [0.717, 1.165) is 0 Å². The molecule has 0 saturated carbocycles. The van der Waals surface area contributed by atoms with Crippen molar-refractivity contribution in [2.75, 3.05) is 0 Å². The van der Waals surface area contributed by atoms with E-state index in [4.69, 9.17) is 5.11 Å². The summed E-state index contributed by atoms with van der Waals surface area (Å²) < 4.78 is 94.4. The van der Waals surface area contributed by atoms with Crippen LogP contribution in [0.15, 0.2) is 0 Å². The number of halogens is 8. The van der Waals surface area contributed by atoms with Gasteiger partial charge < -0.3 is 5.11 Å². The highest BCUT2D eigenvalue weighted by molar-refractivity contribution is 4.86. The third-order valence-corrected chi connectivity index (χ3v) is 1.49. The molecule has 1 N–H and O–H groups in total. The summed E-state index contributed by atoms with van der Waals surface area (Å²) in [6, 6.07) is 0. The van der Waals surface area contributed by atoms with Crippen molar-refractivity contribution in [2.24, 2.45) is 0 Å². The van der Waals surface area contributed by atoms with Gasteiger partial charge in [-0.05, 0) is 0 Å². The number of aliphatic hydroxyl groups excluding tert-OH is 1. The summed E-state index contributed by atoms with van der Waals surface area (Å²) >= 11 is 0. The Morgan fingerprint density at radius 3 is 1.40 bits per heavy atom. The maximum Gasteiger partial charge on any atom is 0.417 e. The second-order valence-corrected chi connectivity index (χ2v) is 2.65. The highest BCUT2D eigenvalue weighted by Crippen LogP contribution is 2.29. The minimum Gasteiger partial charge on any atom is -0.381 e. The standard InChI is InChI=1S/C6H6F8O/c7-1(3(9)5(10)11)2(8)4(15)6(12,13)14/h1-5,15H. The summed E-state index contributed by atoms with van der Waals surface area (Å²) in [7, 11) is 0. The summed E-state index contributed by atoms with van der Waals surface area (Å²) in [6.45, 7) is 0. The molecule has 9 heteroatoms. The van der Waals surface area contributed by atoms with Gasteiger partial charge in [0.2, 0.25) is 0 Å². The molecule has 4 unspecified atom stereocenters. The summed E-state index contributed by atoms with van der Waals surface area (Å²) in [5.74, 6) is 0. The number of aliphatic hydroxyl groups is 1. The zero-order valence-electron chi connectivity index (χ0n) is 6.86. The molecule has 0 aliphatic heterocycles. The molecular formula is C6H6F8O. The van der Waals surface area contributed by atoms with Crippen LogP contribution >= 0.6 is 0 Å². The van der Waals surface area contributed by atoms with Crippen LogP contribution in [0.1, 0.15) is 0 Å². The smallest absolute Gasteiger partial charge is 0.381 e. The molecule has 0 aromatic carbocycles. The molecule has 0 saturated heterocycles. The molecule has 15 heavy (non-hydrogen) atoms. The van der Waals surface area contributed by atoms with Crippen molar-refractivity contribution < 1.29 is 40.2 Å². The van der Waals surface area contributed by atoms with Gasteiger partial charge in [0.15, 0.2) is 24.6 Å². The topological polar surface area (TPSA) is 20.2 Å². The van der Waals surface area contributed by atoms with Gasteiger partial charge in [-0.1, -0.05) is 0 Å². The van der Waals surface area contributed by atoms with Crippen LogP contribution in [0.2, 0.25) is 0 Å². The highest BCUT2D eigenvalue weighted by Gasteiger charge is 2.50. The number of hydrogen-bond donors (Lipinski definition) is 1. The monoisotopic (exact) mass is 246 g/mol. The van der Waals surface area contributed by atoms with Crippen molar-refractivity contribution in [3.63, 3.8) is 0 Å². The van der Waals surface area contributed by atoms with Crippen LogP contribution < -0.4 is 0 Å². The SMILES string of the molecule is OC(C(F)C(F)C(F)C(F)F)C(F)(F)F. The maximum atomic E-state index is 12.4. The molecule has 4 atom stereocenters. The minimum absolute atomic E-state index is 3.71. The third-order valence-electron chi connectivity index (χ3n) is 1.49. The lowest BCUT2D eigenvalue weighted by atomic mass is 10.1. The molecule has 0 aliphatic carbocycles. The van der Waals surface area contributed by atoms with Gasteiger partial charge in [-0.2, -0.15) is 13.2 Å². The van der Waals surface area contributed by atoms with E-state index in [0.29, 0.717) is 0 Å². The Balaban J connectivity index is 4.51. The fraction of sp³-hybridized carbons (Fsp3) is 1.00. The summed E-state index contributed by atoms with van der Waals surface area (Å²) in [4.78, 5) is 0. The van der Waals surface area contributed by atoms with Crippen molar-refractivity contribution in [3.05, 3.63) is 0 Å². The van der Waals surface area contributed by atoms with Crippen LogP contribution in [0, 0.1) is 0 Å². The van der Waals surface area contributed by atoms with E-state index >= 15 is 0 Å². The summed E-state index contributed by atoms with van der Waals surface area (Å²) in [5, 5.41) is 8.10. The van der Waals surface area contributed by atoms with Crippen LogP contribution in [0.5, 0.6) is 0 Å². The number of rotatable bonds is 4. The fourth-order valence-corrected chi connectivity index (χ4v) is 0.669. The molecule has 92 valence electrons. The van der Waals surface area contributed by atoms with Crippen molar-refractivity contribution in [1.82, 2.24) is 0 Å². The molecule has 0 rings (SSSR count). The average Bonchev–Trinajstić information content (AvgIpc) is 2.11. The molecule has 1 nitrogen and oxygen atoms in total. The Kier molecular flexibility index (Phi) is 4.75. The number of hydrogen-bond acceptors (Lipinski definition) is 1. The first-order chi connectivity index (χ1) is 6.59. The van der Waals surface area contributed by atoms with Crippen LogP contribution in [-0.2, 0) is 0 Å². The Morgan fingerprint density at radius 2 is 1.13 bits per heavy atom. The van der Waals surface area contributed by atoms with Gasteiger partial charge >= 0.3 is 6.18 Å². The molecule has 0 fully saturated rings. The van der Waals surface area contributed by atoms with Gasteiger partial charge in [0.1, 0.15) is 0 Å². The second kappa shape index (κ2) is 4.95. The van der Waals surface area contributed by atoms with Gasteiger partial charge in [-0.15, -0.1) is 0 Å². The summed E-state index contributed by atoms with van der Waals surface area (Å²) in [5.41, 5.74) is 0. The van der Waals surface area contributed by atoms with Crippen molar-refractivity contribution in [1.29, 1.82) is 0 Å². The van der Waals surface area contributed by atoms with Crippen molar-refractivity contribution in [2.45, 2.75) is 37.2 Å². The first kappa shape index (κ1) is 14.4. The van der Waals surface area contributed by atoms with Crippen molar-refractivity contribution in [3.8, 4) is 0 Å². The van der Waals surface area contributed by atoms with E-state index in [1.807, 2.05) is 0 Å². The molecule has 0 bridgehead atoms.